The molecule has 1 N–H and O–H groups in total. The van der Waals surface area contributed by atoms with Crippen LogP contribution < -0.4 is 0 Å². The number of esters is 2. The largest absolute Gasteiger partial charge is 0.462 e. The summed E-state index contributed by atoms with van der Waals surface area (Å²) in [4.78, 5) is 22.3. The van der Waals surface area contributed by atoms with Gasteiger partial charge in [0.15, 0.2) is 6.10 Å². The first-order valence-corrected chi connectivity index (χ1v) is 6.96. The molecule has 0 bridgehead atoms. The van der Waals surface area contributed by atoms with Crippen LogP contribution in [-0.2, 0) is 23.8 Å². The van der Waals surface area contributed by atoms with E-state index in [9.17, 15) is 49.8 Å². The maximum Gasteiger partial charge on any atom is 0.462 e. The van der Waals surface area contributed by atoms with Crippen LogP contribution in [-0.4, -0.2) is 59.9 Å². The number of ether oxygens (including phenoxy) is 3. The van der Waals surface area contributed by atoms with Gasteiger partial charge in [-0.3, -0.25) is 4.79 Å². The lowest BCUT2D eigenvalue weighted by molar-refractivity contribution is -0.409. The third-order valence-electron chi connectivity index (χ3n) is 3.37. The zero-order chi connectivity index (χ0) is 21.4. The van der Waals surface area contributed by atoms with Crippen LogP contribution in [0, 0.1) is 0 Å². The molecule has 1 fully saturated rings. The van der Waals surface area contributed by atoms with Crippen molar-refractivity contribution in [3.8, 4) is 0 Å². The normalized spacial score (nSPS) is 27.9. The van der Waals surface area contributed by atoms with Crippen LogP contribution >= 0.6 is 0 Å². The highest BCUT2D eigenvalue weighted by Crippen LogP contribution is 2.53. The Kier molecular flexibility index (Phi) is 6.17. The molecule has 0 amide bonds. The van der Waals surface area contributed by atoms with Gasteiger partial charge in [0.05, 0.1) is 0 Å². The molecule has 1 heterocycles. The summed E-state index contributed by atoms with van der Waals surface area (Å²) < 4.78 is 116. The first-order valence-electron chi connectivity index (χ1n) is 6.96. The molecule has 0 aliphatic carbocycles. The van der Waals surface area contributed by atoms with E-state index in [-0.39, 0.29) is 0 Å². The standard InChI is InChI=1S/C13H12F8O6/c1-3-7(22)27-12(13(19,20)21)10(14,15)8(23)6(26-12)4-25-9(24)5(2)11(16,17)18/h6,8,23H,2-4H2,1H3. The Morgan fingerprint density at radius 2 is 1.70 bits per heavy atom. The number of hydrogen-bond donors (Lipinski definition) is 1. The van der Waals surface area contributed by atoms with Crippen LogP contribution in [0.5, 0.6) is 0 Å². The maximum atomic E-state index is 14.1. The summed E-state index contributed by atoms with van der Waals surface area (Å²) in [6.45, 7) is 1.69. The summed E-state index contributed by atoms with van der Waals surface area (Å²) in [7, 11) is 0. The summed E-state index contributed by atoms with van der Waals surface area (Å²) in [5, 5.41) is 9.41. The average molecular weight is 416 g/mol. The van der Waals surface area contributed by atoms with Crippen LogP contribution in [0.1, 0.15) is 13.3 Å². The molecule has 3 atom stereocenters. The van der Waals surface area contributed by atoms with Gasteiger partial charge in [0.25, 0.3) is 0 Å². The summed E-state index contributed by atoms with van der Waals surface area (Å²) in [6.07, 6.45) is -18.0. The monoisotopic (exact) mass is 416 g/mol. The minimum atomic E-state index is -6.05. The number of rotatable bonds is 5. The molecular weight excluding hydrogens is 404 g/mol. The zero-order valence-corrected chi connectivity index (χ0v) is 13.3. The smallest absolute Gasteiger partial charge is 0.459 e. The quantitative estimate of drug-likeness (QED) is 0.421. The Balaban J connectivity index is 3.09. The molecule has 0 spiro atoms. The van der Waals surface area contributed by atoms with E-state index in [0.29, 0.717) is 0 Å². The summed E-state index contributed by atoms with van der Waals surface area (Å²) in [5.74, 6) is -14.1. The Bertz CT molecular complexity index is 613. The van der Waals surface area contributed by atoms with Crippen molar-refractivity contribution in [1.29, 1.82) is 0 Å². The lowest BCUT2D eigenvalue weighted by Gasteiger charge is -2.34. The van der Waals surface area contributed by atoms with Crippen molar-refractivity contribution in [2.45, 2.75) is 49.6 Å². The van der Waals surface area contributed by atoms with E-state index >= 15 is 0 Å². The van der Waals surface area contributed by atoms with E-state index in [1.165, 1.54) is 0 Å². The van der Waals surface area contributed by atoms with Crippen molar-refractivity contribution in [3.63, 3.8) is 0 Å². The molecule has 27 heavy (non-hydrogen) atoms. The Labute approximate surface area is 145 Å². The van der Waals surface area contributed by atoms with E-state index in [2.05, 4.69) is 20.8 Å². The molecule has 1 aliphatic rings. The minimum Gasteiger partial charge on any atom is -0.459 e. The van der Waals surface area contributed by atoms with Crippen LogP contribution in [0.3, 0.4) is 0 Å². The Morgan fingerprint density at radius 3 is 2.11 bits per heavy atom. The zero-order valence-electron chi connectivity index (χ0n) is 13.3. The highest BCUT2D eigenvalue weighted by molar-refractivity contribution is 5.89. The molecule has 0 aromatic carbocycles. The van der Waals surface area contributed by atoms with E-state index in [4.69, 9.17) is 0 Å². The van der Waals surface area contributed by atoms with Crippen molar-refractivity contribution < 1.29 is 64.0 Å². The minimum absolute atomic E-state index is 0.765. The molecule has 0 saturated carbocycles. The van der Waals surface area contributed by atoms with E-state index in [1.807, 2.05) is 0 Å². The highest BCUT2D eigenvalue weighted by atomic mass is 19.4. The van der Waals surface area contributed by atoms with Gasteiger partial charge in [-0.1, -0.05) is 13.5 Å². The molecule has 6 nitrogen and oxygen atoms in total. The molecular formula is C13H12F8O6. The van der Waals surface area contributed by atoms with Gasteiger partial charge in [-0.05, 0) is 0 Å². The van der Waals surface area contributed by atoms with Crippen LogP contribution in [0.4, 0.5) is 35.1 Å². The molecule has 14 heteroatoms. The molecule has 0 aromatic heterocycles. The fourth-order valence-electron chi connectivity index (χ4n) is 1.91. The Morgan fingerprint density at radius 1 is 1.19 bits per heavy atom. The van der Waals surface area contributed by atoms with Crippen molar-refractivity contribution >= 4 is 11.9 Å². The van der Waals surface area contributed by atoms with E-state index in [1.54, 1.807) is 0 Å². The van der Waals surface area contributed by atoms with Gasteiger partial charge in [0, 0.05) is 6.42 Å². The SMILES string of the molecule is C=C(C(=O)OCC1OC(OC(=O)CC)(C(F)(F)F)C(F)(F)C1O)C(F)(F)F. The first-order chi connectivity index (χ1) is 12.0. The fourth-order valence-corrected chi connectivity index (χ4v) is 1.91. The topological polar surface area (TPSA) is 82.1 Å². The number of carbonyl (C=O) groups is 2. The van der Waals surface area contributed by atoms with Crippen molar-refractivity contribution in [3.05, 3.63) is 12.2 Å². The van der Waals surface area contributed by atoms with Crippen molar-refractivity contribution in [2.24, 2.45) is 0 Å². The van der Waals surface area contributed by atoms with Gasteiger partial charge in [-0.15, -0.1) is 0 Å². The number of hydrogen-bond acceptors (Lipinski definition) is 6. The molecule has 1 saturated heterocycles. The van der Waals surface area contributed by atoms with Crippen molar-refractivity contribution in [1.82, 2.24) is 0 Å². The number of aliphatic hydroxyl groups excluding tert-OH is 1. The number of aliphatic hydroxyl groups is 1. The van der Waals surface area contributed by atoms with Gasteiger partial charge in [0.1, 0.15) is 18.3 Å². The van der Waals surface area contributed by atoms with E-state index in [0.717, 1.165) is 6.92 Å². The predicted octanol–water partition coefficient (Wildman–Crippen LogP) is 2.25. The summed E-state index contributed by atoms with van der Waals surface area (Å²) in [6, 6.07) is 0. The Hall–Kier alpha value is -1.96. The average Bonchev–Trinajstić information content (AvgIpc) is 2.71. The first kappa shape index (κ1) is 23.1. The third-order valence-corrected chi connectivity index (χ3v) is 3.37. The fraction of sp³-hybridized carbons (Fsp3) is 0.692. The summed E-state index contributed by atoms with van der Waals surface area (Å²) in [5.41, 5.74) is -2.07. The lowest BCUT2D eigenvalue weighted by Crippen LogP contribution is -2.61. The molecule has 0 radical (unpaired) electrons. The maximum absolute atomic E-state index is 14.1. The van der Waals surface area contributed by atoms with Gasteiger partial charge < -0.3 is 19.3 Å². The van der Waals surface area contributed by atoms with Crippen LogP contribution in [0.2, 0.25) is 0 Å². The van der Waals surface area contributed by atoms with Crippen LogP contribution in [0.15, 0.2) is 12.2 Å². The van der Waals surface area contributed by atoms with Crippen molar-refractivity contribution in [2.75, 3.05) is 6.61 Å². The highest BCUT2D eigenvalue weighted by Gasteiger charge is 2.83. The molecule has 1 aliphatic heterocycles. The number of carbonyl (C=O) groups excluding carboxylic acids is 2. The van der Waals surface area contributed by atoms with Gasteiger partial charge in [-0.2, -0.15) is 35.1 Å². The van der Waals surface area contributed by atoms with Gasteiger partial charge in [-0.25, -0.2) is 4.79 Å². The third kappa shape index (κ3) is 4.15. The molecule has 156 valence electrons. The van der Waals surface area contributed by atoms with Gasteiger partial charge >= 0.3 is 36.0 Å². The van der Waals surface area contributed by atoms with Crippen LogP contribution in [0.25, 0.3) is 0 Å². The van der Waals surface area contributed by atoms with E-state index < -0.39 is 66.8 Å². The second-order valence-electron chi connectivity index (χ2n) is 5.24. The number of halogens is 8. The molecule has 3 unspecified atom stereocenters. The molecule has 1 rings (SSSR count). The second-order valence-corrected chi connectivity index (χ2v) is 5.24. The van der Waals surface area contributed by atoms with Gasteiger partial charge in [0.2, 0.25) is 0 Å². The second kappa shape index (κ2) is 7.22. The summed E-state index contributed by atoms with van der Waals surface area (Å²) >= 11 is 0. The molecule has 0 aromatic rings. The lowest BCUT2D eigenvalue weighted by atomic mass is 10.0. The predicted molar refractivity (Wildman–Crippen MR) is 67.1 cm³/mol. The number of alkyl halides is 8.